The Morgan fingerprint density at radius 3 is 2.82 bits per heavy atom. The lowest BCUT2D eigenvalue weighted by Crippen LogP contribution is -2.40. The second kappa shape index (κ2) is 10.4. The fourth-order valence-electron chi connectivity index (χ4n) is 3.25. The first-order chi connectivity index (χ1) is 16.0. The summed E-state index contributed by atoms with van der Waals surface area (Å²) in [6.07, 6.45) is -0.557. The first kappa shape index (κ1) is 22.7. The molecule has 2 aromatic heterocycles. The standard InChI is InChI=1S/C21H25N7O5/c1-13-23-18(20-25-27-28(26-20)9-16-11-33-17(10-29)12-32-16)7-19(24-13)21(30)22-8-14-4-3-5-15(6-14)31-2/h3-7,16-17,29H,8-12H2,1-2H3,(H,22,30)/t16-,17+/m0/s1. The van der Waals surface area contributed by atoms with Crippen molar-refractivity contribution in [3.8, 4) is 17.3 Å². The molecule has 0 spiro atoms. The number of aliphatic hydroxyl groups is 1. The van der Waals surface area contributed by atoms with Gasteiger partial charge in [0.25, 0.3) is 5.91 Å². The van der Waals surface area contributed by atoms with Crippen LogP contribution in [0.4, 0.5) is 0 Å². The summed E-state index contributed by atoms with van der Waals surface area (Å²) in [4.78, 5) is 22.6. The second-order valence-electron chi connectivity index (χ2n) is 7.48. The molecule has 1 aliphatic rings. The molecule has 33 heavy (non-hydrogen) atoms. The van der Waals surface area contributed by atoms with Crippen LogP contribution in [0.25, 0.3) is 11.5 Å². The Labute approximate surface area is 189 Å². The van der Waals surface area contributed by atoms with E-state index in [4.69, 9.17) is 19.3 Å². The topological polar surface area (TPSA) is 146 Å². The van der Waals surface area contributed by atoms with Gasteiger partial charge in [0.05, 0.1) is 33.5 Å². The molecule has 1 aliphatic heterocycles. The maximum absolute atomic E-state index is 12.7. The third-order valence-corrected chi connectivity index (χ3v) is 4.95. The fraction of sp³-hybridized carbons (Fsp3) is 0.429. The molecule has 2 N–H and O–H groups in total. The van der Waals surface area contributed by atoms with E-state index in [1.165, 1.54) is 10.9 Å². The Bertz CT molecular complexity index is 1100. The Kier molecular flexibility index (Phi) is 7.17. The molecule has 1 amide bonds. The van der Waals surface area contributed by atoms with Crippen molar-refractivity contribution in [2.24, 2.45) is 0 Å². The van der Waals surface area contributed by atoms with Gasteiger partial charge in [-0.05, 0) is 35.9 Å². The van der Waals surface area contributed by atoms with Crippen LogP contribution in [0.1, 0.15) is 21.9 Å². The Morgan fingerprint density at radius 2 is 2.06 bits per heavy atom. The van der Waals surface area contributed by atoms with Gasteiger partial charge in [-0.1, -0.05) is 12.1 Å². The number of tetrazole rings is 1. The molecule has 3 aromatic rings. The zero-order valence-corrected chi connectivity index (χ0v) is 18.3. The molecule has 0 unspecified atom stereocenters. The van der Waals surface area contributed by atoms with Crippen LogP contribution in [0.5, 0.6) is 5.75 Å². The van der Waals surface area contributed by atoms with Crippen molar-refractivity contribution in [1.29, 1.82) is 0 Å². The SMILES string of the molecule is COc1cccc(CNC(=O)c2cc(-c3nnn(C[C@H]4CO[C@H](CO)CO4)n3)nc(C)n2)c1. The minimum absolute atomic E-state index is 0.0824. The van der Waals surface area contributed by atoms with Crippen molar-refractivity contribution in [1.82, 2.24) is 35.5 Å². The van der Waals surface area contributed by atoms with E-state index >= 15 is 0 Å². The average Bonchev–Trinajstić information content (AvgIpc) is 3.31. The summed E-state index contributed by atoms with van der Waals surface area (Å²) in [6.45, 7) is 2.90. The molecule has 1 saturated heterocycles. The number of aliphatic hydroxyl groups excluding tert-OH is 1. The summed E-state index contributed by atoms with van der Waals surface area (Å²) in [5, 5.41) is 24.4. The van der Waals surface area contributed by atoms with Crippen LogP contribution in [0.3, 0.4) is 0 Å². The van der Waals surface area contributed by atoms with Crippen molar-refractivity contribution in [2.75, 3.05) is 26.9 Å². The number of nitrogens with one attached hydrogen (secondary N) is 1. The van der Waals surface area contributed by atoms with Gasteiger partial charge in [-0.3, -0.25) is 4.79 Å². The summed E-state index contributed by atoms with van der Waals surface area (Å²) < 4.78 is 16.3. The number of carbonyl (C=O) groups is 1. The van der Waals surface area contributed by atoms with Gasteiger partial charge in [-0.15, -0.1) is 10.2 Å². The Hall–Kier alpha value is -3.48. The molecule has 3 heterocycles. The van der Waals surface area contributed by atoms with Gasteiger partial charge >= 0.3 is 0 Å². The highest BCUT2D eigenvalue weighted by atomic mass is 16.6. The largest absolute Gasteiger partial charge is 0.497 e. The number of benzene rings is 1. The smallest absolute Gasteiger partial charge is 0.270 e. The number of aryl methyl sites for hydroxylation is 1. The third kappa shape index (κ3) is 5.86. The summed E-state index contributed by atoms with van der Waals surface area (Å²) in [7, 11) is 1.59. The normalized spacial score (nSPS) is 18.2. The molecule has 12 heteroatoms. The lowest BCUT2D eigenvalue weighted by atomic mass is 10.2. The van der Waals surface area contributed by atoms with Crippen molar-refractivity contribution in [3.63, 3.8) is 0 Å². The number of ether oxygens (including phenoxy) is 3. The van der Waals surface area contributed by atoms with Crippen molar-refractivity contribution >= 4 is 5.91 Å². The van der Waals surface area contributed by atoms with E-state index in [2.05, 4.69) is 30.7 Å². The summed E-state index contributed by atoms with van der Waals surface area (Å²) in [6, 6.07) is 8.97. The number of methoxy groups -OCH3 is 1. The van der Waals surface area contributed by atoms with E-state index in [1.807, 2.05) is 24.3 Å². The van der Waals surface area contributed by atoms with Gasteiger partial charge < -0.3 is 24.6 Å². The number of carbonyl (C=O) groups excluding carboxylic acids is 1. The van der Waals surface area contributed by atoms with Crippen molar-refractivity contribution < 1.29 is 24.1 Å². The van der Waals surface area contributed by atoms with Crippen LogP contribution in [-0.4, -0.2) is 80.3 Å². The second-order valence-corrected chi connectivity index (χ2v) is 7.48. The van der Waals surface area contributed by atoms with Gasteiger partial charge in [0.1, 0.15) is 35.2 Å². The molecular formula is C21H25N7O5. The maximum Gasteiger partial charge on any atom is 0.270 e. The number of hydrogen-bond donors (Lipinski definition) is 2. The molecule has 2 atom stereocenters. The summed E-state index contributed by atoms with van der Waals surface area (Å²) in [5.74, 6) is 1.05. The first-order valence-electron chi connectivity index (χ1n) is 10.4. The molecule has 1 fully saturated rings. The molecule has 0 saturated carbocycles. The van der Waals surface area contributed by atoms with Crippen LogP contribution >= 0.6 is 0 Å². The Morgan fingerprint density at radius 1 is 1.24 bits per heavy atom. The molecule has 0 aliphatic carbocycles. The molecule has 174 valence electrons. The van der Waals surface area contributed by atoms with Crippen molar-refractivity contribution in [3.05, 3.63) is 47.4 Å². The fourth-order valence-corrected chi connectivity index (χ4v) is 3.25. The molecule has 0 bridgehead atoms. The van der Waals surface area contributed by atoms with E-state index in [1.54, 1.807) is 14.0 Å². The lowest BCUT2D eigenvalue weighted by molar-refractivity contribution is -0.150. The van der Waals surface area contributed by atoms with E-state index < -0.39 is 0 Å². The molecule has 0 radical (unpaired) electrons. The van der Waals surface area contributed by atoms with Gasteiger partial charge in [-0.2, -0.15) is 4.80 Å². The maximum atomic E-state index is 12.7. The first-order valence-corrected chi connectivity index (χ1v) is 10.4. The zero-order chi connectivity index (χ0) is 23.2. The minimum Gasteiger partial charge on any atom is -0.497 e. The van der Waals surface area contributed by atoms with E-state index in [-0.39, 0.29) is 36.2 Å². The van der Waals surface area contributed by atoms with Crippen LogP contribution in [0.15, 0.2) is 30.3 Å². The quantitative estimate of drug-likeness (QED) is 0.481. The molecule has 4 rings (SSSR count). The molecule has 1 aromatic carbocycles. The predicted octanol–water partition coefficient (Wildman–Crippen LogP) is 0.153. The van der Waals surface area contributed by atoms with E-state index in [9.17, 15) is 4.79 Å². The number of nitrogens with zero attached hydrogens (tertiary/aromatic N) is 6. The summed E-state index contributed by atoms with van der Waals surface area (Å²) in [5.41, 5.74) is 1.50. The molecule has 12 nitrogen and oxygen atoms in total. The Balaban J connectivity index is 1.41. The highest BCUT2D eigenvalue weighted by Crippen LogP contribution is 2.15. The number of rotatable bonds is 8. The monoisotopic (exact) mass is 455 g/mol. The van der Waals surface area contributed by atoms with Gasteiger partial charge in [0.2, 0.25) is 5.82 Å². The highest BCUT2D eigenvalue weighted by molar-refractivity contribution is 5.93. The third-order valence-electron chi connectivity index (χ3n) is 4.95. The van der Waals surface area contributed by atoms with E-state index in [0.717, 1.165) is 11.3 Å². The highest BCUT2D eigenvalue weighted by Gasteiger charge is 2.23. The average molecular weight is 455 g/mol. The number of aromatic nitrogens is 6. The van der Waals surface area contributed by atoms with E-state index in [0.29, 0.717) is 37.8 Å². The van der Waals surface area contributed by atoms with Gasteiger partial charge in [-0.25, -0.2) is 9.97 Å². The van der Waals surface area contributed by atoms with Crippen LogP contribution in [-0.2, 0) is 22.6 Å². The predicted molar refractivity (Wildman–Crippen MR) is 114 cm³/mol. The van der Waals surface area contributed by atoms with Crippen LogP contribution < -0.4 is 10.1 Å². The van der Waals surface area contributed by atoms with Crippen LogP contribution in [0, 0.1) is 6.92 Å². The van der Waals surface area contributed by atoms with Gasteiger partial charge in [0, 0.05) is 6.54 Å². The lowest BCUT2D eigenvalue weighted by Gasteiger charge is -2.27. The molecular weight excluding hydrogens is 430 g/mol. The zero-order valence-electron chi connectivity index (χ0n) is 18.3. The van der Waals surface area contributed by atoms with Crippen LogP contribution in [0.2, 0.25) is 0 Å². The minimum atomic E-state index is -0.344. The summed E-state index contributed by atoms with van der Waals surface area (Å²) >= 11 is 0. The van der Waals surface area contributed by atoms with Gasteiger partial charge in [0.15, 0.2) is 0 Å². The van der Waals surface area contributed by atoms with Crippen molar-refractivity contribution in [2.45, 2.75) is 32.2 Å². The number of amides is 1. The number of hydrogen-bond acceptors (Lipinski definition) is 10.